The van der Waals surface area contributed by atoms with E-state index in [4.69, 9.17) is 11.6 Å². The fourth-order valence-corrected chi connectivity index (χ4v) is 4.67. The molecule has 0 aliphatic heterocycles. The number of hydrogen-bond donors (Lipinski definition) is 3. The van der Waals surface area contributed by atoms with Crippen LogP contribution in [0.5, 0.6) is 0 Å². The molecular formula is C29H47ClO3. The van der Waals surface area contributed by atoms with Gasteiger partial charge in [0.15, 0.2) is 0 Å². The Bertz CT molecular complexity index is 660. The van der Waals surface area contributed by atoms with Gasteiger partial charge in [-0.3, -0.25) is 0 Å². The molecule has 3 nitrogen and oxygen atoms in total. The highest BCUT2D eigenvalue weighted by Crippen LogP contribution is 2.25. The topological polar surface area (TPSA) is 60.7 Å². The van der Waals surface area contributed by atoms with Crippen LogP contribution in [-0.4, -0.2) is 33.6 Å². The van der Waals surface area contributed by atoms with Crippen molar-refractivity contribution in [3.63, 3.8) is 0 Å². The second-order valence-corrected chi connectivity index (χ2v) is 10.3. The van der Waals surface area contributed by atoms with E-state index in [0.717, 1.165) is 56.9 Å². The molecule has 0 aliphatic carbocycles. The first-order valence-corrected chi connectivity index (χ1v) is 13.2. The lowest BCUT2D eigenvalue weighted by atomic mass is 9.86. The van der Waals surface area contributed by atoms with E-state index in [0.29, 0.717) is 18.8 Å². The van der Waals surface area contributed by atoms with Gasteiger partial charge in [0.1, 0.15) is 0 Å². The minimum atomic E-state index is -0.389. The number of aliphatic hydroxyl groups is 3. The fourth-order valence-electron chi connectivity index (χ4n) is 4.50. The lowest BCUT2D eigenvalue weighted by Gasteiger charge is -2.23. The molecule has 0 aromatic heterocycles. The number of hydrogen-bond acceptors (Lipinski definition) is 3. The fraction of sp³-hybridized carbons (Fsp3) is 0.655. The van der Waals surface area contributed by atoms with Crippen molar-refractivity contribution in [3.8, 4) is 0 Å². The van der Waals surface area contributed by atoms with Gasteiger partial charge in [-0.25, -0.2) is 0 Å². The summed E-state index contributed by atoms with van der Waals surface area (Å²) >= 11 is 6.01. The van der Waals surface area contributed by atoms with E-state index in [1.807, 2.05) is 18.2 Å². The molecule has 1 aromatic carbocycles. The van der Waals surface area contributed by atoms with Crippen molar-refractivity contribution in [1.82, 2.24) is 0 Å². The molecule has 0 fully saturated rings. The Morgan fingerprint density at radius 1 is 0.909 bits per heavy atom. The van der Waals surface area contributed by atoms with Crippen LogP contribution in [0, 0.1) is 17.8 Å². The van der Waals surface area contributed by atoms with Gasteiger partial charge in [0.2, 0.25) is 0 Å². The van der Waals surface area contributed by atoms with Crippen LogP contribution < -0.4 is 0 Å². The largest absolute Gasteiger partial charge is 0.393 e. The third-order valence-corrected chi connectivity index (χ3v) is 7.13. The normalized spacial score (nSPS) is 17.7. The van der Waals surface area contributed by atoms with Crippen LogP contribution in [-0.2, 0) is 6.42 Å². The van der Waals surface area contributed by atoms with Gasteiger partial charge < -0.3 is 15.3 Å². The maximum Gasteiger partial charge on any atom is 0.0600 e. The van der Waals surface area contributed by atoms with Crippen LogP contribution in [0.4, 0.5) is 0 Å². The maximum absolute atomic E-state index is 10.6. The lowest BCUT2D eigenvalue weighted by molar-refractivity contribution is 0.0851. The van der Waals surface area contributed by atoms with Crippen molar-refractivity contribution in [2.75, 3.05) is 0 Å². The van der Waals surface area contributed by atoms with Crippen LogP contribution >= 0.6 is 11.6 Å². The van der Waals surface area contributed by atoms with Crippen molar-refractivity contribution in [2.24, 2.45) is 17.8 Å². The smallest absolute Gasteiger partial charge is 0.0600 e. The molecule has 1 aromatic rings. The van der Waals surface area contributed by atoms with E-state index in [9.17, 15) is 15.3 Å². The molecule has 1 rings (SSSR count). The number of benzene rings is 1. The Balaban J connectivity index is 2.25. The molecule has 33 heavy (non-hydrogen) atoms. The van der Waals surface area contributed by atoms with Gasteiger partial charge in [-0.15, -0.1) is 6.58 Å². The Labute approximate surface area is 207 Å². The average molecular weight is 479 g/mol. The Morgan fingerprint density at radius 2 is 1.58 bits per heavy atom. The van der Waals surface area contributed by atoms with Crippen LogP contribution in [0.3, 0.4) is 0 Å². The zero-order valence-electron chi connectivity index (χ0n) is 21.0. The standard InChI is InChI=1S/C29H47ClO3/c1-5-11-28(32)23(3)12-9-10-15-29(33)24(4)18-22(2)16-17-27(31)20-26(21-30)19-25-13-7-6-8-14-25/h5-8,13-14,21-24,27-29,31-33H,1,9-12,15-20H2,2-4H3/b26-21+/t22-,23+,24-,27-,28-,29+/m1/s1. The highest BCUT2D eigenvalue weighted by atomic mass is 35.5. The number of rotatable bonds is 18. The van der Waals surface area contributed by atoms with Crippen molar-refractivity contribution in [1.29, 1.82) is 0 Å². The minimum absolute atomic E-state index is 0.248. The first-order chi connectivity index (χ1) is 15.8. The summed E-state index contributed by atoms with van der Waals surface area (Å²) in [5, 5.41) is 31.1. The molecule has 3 N–H and O–H groups in total. The summed E-state index contributed by atoms with van der Waals surface area (Å²) in [5.41, 5.74) is 3.87. The molecule has 0 radical (unpaired) electrons. The monoisotopic (exact) mass is 478 g/mol. The number of unbranched alkanes of at least 4 members (excludes halogenated alkanes) is 1. The quantitative estimate of drug-likeness (QED) is 0.156. The molecule has 4 heteroatoms. The van der Waals surface area contributed by atoms with Crippen LogP contribution in [0.15, 0.2) is 54.1 Å². The molecule has 6 atom stereocenters. The van der Waals surface area contributed by atoms with Gasteiger partial charge >= 0.3 is 0 Å². The van der Waals surface area contributed by atoms with E-state index < -0.39 is 0 Å². The third kappa shape index (κ3) is 13.4. The SMILES string of the molecule is C=CC[C@@H](O)[C@@H](C)CCCC[C@H](O)[C@H](C)C[C@H](C)CC[C@@H](O)C/C(=C/Cl)Cc1ccccc1. The van der Waals surface area contributed by atoms with Gasteiger partial charge in [-0.2, -0.15) is 0 Å². The molecule has 0 bridgehead atoms. The average Bonchev–Trinajstić information content (AvgIpc) is 2.80. The van der Waals surface area contributed by atoms with Gasteiger partial charge in [0, 0.05) is 5.54 Å². The molecular weight excluding hydrogens is 432 g/mol. The number of aliphatic hydroxyl groups excluding tert-OH is 3. The zero-order valence-corrected chi connectivity index (χ0v) is 21.8. The summed E-state index contributed by atoms with van der Waals surface area (Å²) in [6.07, 6.45) is 9.25. The van der Waals surface area contributed by atoms with Crippen LogP contribution in [0.1, 0.15) is 84.1 Å². The van der Waals surface area contributed by atoms with E-state index >= 15 is 0 Å². The summed E-state index contributed by atoms with van der Waals surface area (Å²) in [6.45, 7) is 10.1. The molecule has 0 saturated heterocycles. The molecule has 0 heterocycles. The van der Waals surface area contributed by atoms with E-state index in [2.05, 4.69) is 39.5 Å². The summed E-state index contributed by atoms with van der Waals surface area (Å²) in [6, 6.07) is 10.2. The summed E-state index contributed by atoms with van der Waals surface area (Å²) in [4.78, 5) is 0. The lowest BCUT2D eigenvalue weighted by Crippen LogP contribution is -2.21. The van der Waals surface area contributed by atoms with E-state index in [1.54, 1.807) is 11.6 Å². The minimum Gasteiger partial charge on any atom is -0.393 e. The molecule has 0 unspecified atom stereocenters. The van der Waals surface area contributed by atoms with Gasteiger partial charge in [0.25, 0.3) is 0 Å². The molecule has 0 spiro atoms. The van der Waals surface area contributed by atoms with Gasteiger partial charge in [-0.05, 0) is 74.7 Å². The Morgan fingerprint density at radius 3 is 2.21 bits per heavy atom. The van der Waals surface area contributed by atoms with E-state index in [-0.39, 0.29) is 30.1 Å². The van der Waals surface area contributed by atoms with Crippen molar-refractivity contribution in [3.05, 3.63) is 59.7 Å². The molecule has 0 aliphatic rings. The van der Waals surface area contributed by atoms with Crippen LogP contribution in [0.2, 0.25) is 0 Å². The molecule has 0 saturated carbocycles. The van der Waals surface area contributed by atoms with Gasteiger partial charge in [0.05, 0.1) is 18.3 Å². The van der Waals surface area contributed by atoms with E-state index in [1.165, 1.54) is 5.56 Å². The third-order valence-electron chi connectivity index (χ3n) is 6.82. The van der Waals surface area contributed by atoms with Crippen LogP contribution in [0.25, 0.3) is 0 Å². The first kappa shape index (κ1) is 29.9. The maximum atomic E-state index is 10.6. The highest BCUT2D eigenvalue weighted by Gasteiger charge is 2.19. The van der Waals surface area contributed by atoms with Crippen molar-refractivity contribution in [2.45, 2.75) is 103 Å². The number of halogens is 1. The second kappa shape index (κ2) is 17.3. The predicted octanol–water partition coefficient (Wildman–Crippen LogP) is 7.04. The summed E-state index contributed by atoms with van der Waals surface area (Å²) < 4.78 is 0. The second-order valence-electron chi connectivity index (χ2n) is 10.1. The first-order valence-electron chi connectivity index (χ1n) is 12.7. The zero-order chi connectivity index (χ0) is 24.6. The highest BCUT2D eigenvalue weighted by molar-refractivity contribution is 6.25. The van der Waals surface area contributed by atoms with Crippen molar-refractivity contribution < 1.29 is 15.3 Å². The van der Waals surface area contributed by atoms with Crippen molar-refractivity contribution >= 4 is 11.6 Å². The molecule has 0 amide bonds. The summed E-state index contributed by atoms with van der Waals surface area (Å²) in [5.74, 6) is 0.971. The molecule has 188 valence electrons. The Kier molecular flexibility index (Phi) is 15.7. The van der Waals surface area contributed by atoms with Gasteiger partial charge in [-0.1, -0.05) is 87.2 Å². The predicted molar refractivity (Wildman–Crippen MR) is 141 cm³/mol. The summed E-state index contributed by atoms with van der Waals surface area (Å²) in [7, 11) is 0. The Hall–Kier alpha value is -1.13.